The molecule has 0 spiro atoms. The minimum absolute atomic E-state index is 0.0877. The first kappa shape index (κ1) is 21.2. The van der Waals surface area contributed by atoms with E-state index in [4.69, 9.17) is 14.7 Å². The molecule has 0 aromatic heterocycles. The fraction of sp³-hybridized carbons (Fsp3) is 0.316. The molecule has 2 unspecified atom stereocenters. The van der Waals surface area contributed by atoms with Crippen LogP contribution in [0.2, 0.25) is 0 Å². The fourth-order valence-electron chi connectivity index (χ4n) is 3.17. The number of carbonyl (C=O) groups excluding carboxylic acids is 1. The van der Waals surface area contributed by atoms with Gasteiger partial charge in [0.1, 0.15) is 22.9 Å². The zero-order chi connectivity index (χ0) is 21.1. The molecule has 0 aliphatic carbocycles. The van der Waals surface area contributed by atoms with E-state index in [-0.39, 0.29) is 23.8 Å². The average molecular weight is 424 g/mol. The Hall–Kier alpha value is -2.53. The minimum Gasteiger partial charge on any atom is -0.457 e. The van der Waals surface area contributed by atoms with E-state index in [1.54, 1.807) is 0 Å². The molecule has 1 aliphatic rings. The summed E-state index contributed by atoms with van der Waals surface area (Å²) >= 11 is 0. The number of ether oxygens (including phenoxy) is 2. The summed E-state index contributed by atoms with van der Waals surface area (Å²) in [6, 6.07) is 10.9. The second-order valence-electron chi connectivity index (χ2n) is 6.98. The highest BCUT2D eigenvalue weighted by molar-refractivity contribution is 7.89. The topological polar surface area (TPSA) is 114 Å². The monoisotopic (exact) mass is 424 g/mol. The number of rotatable bonds is 6. The zero-order valence-corrected chi connectivity index (χ0v) is 16.4. The number of sulfonamides is 1. The maximum Gasteiger partial charge on any atom is 0.267 e. The molecule has 1 amide bonds. The highest BCUT2D eigenvalue weighted by Crippen LogP contribution is 2.28. The third-order valence-corrected chi connectivity index (χ3v) is 6.05. The van der Waals surface area contributed by atoms with Crippen molar-refractivity contribution in [2.45, 2.75) is 23.8 Å². The van der Waals surface area contributed by atoms with Gasteiger partial charge in [-0.3, -0.25) is 10.0 Å². The van der Waals surface area contributed by atoms with Crippen molar-refractivity contribution < 1.29 is 32.3 Å². The summed E-state index contributed by atoms with van der Waals surface area (Å²) in [6.07, 6.45) is 0.171. The van der Waals surface area contributed by atoms with Gasteiger partial charge in [0.25, 0.3) is 5.91 Å². The van der Waals surface area contributed by atoms with E-state index in [9.17, 15) is 17.6 Å². The van der Waals surface area contributed by atoms with Gasteiger partial charge in [0.15, 0.2) is 0 Å². The quantitative estimate of drug-likeness (QED) is 0.484. The molecule has 0 radical (unpaired) electrons. The van der Waals surface area contributed by atoms with Gasteiger partial charge in [0.2, 0.25) is 10.0 Å². The van der Waals surface area contributed by atoms with Crippen LogP contribution in [0.4, 0.5) is 4.39 Å². The van der Waals surface area contributed by atoms with Crippen LogP contribution in [0.25, 0.3) is 0 Å². The molecule has 2 aromatic carbocycles. The smallest absolute Gasteiger partial charge is 0.267 e. The first-order valence-corrected chi connectivity index (χ1v) is 10.3. The molecule has 1 heterocycles. The van der Waals surface area contributed by atoms with Crippen molar-refractivity contribution >= 4 is 15.9 Å². The molecule has 156 valence electrons. The van der Waals surface area contributed by atoms with Crippen LogP contribution in [-0.4, -0.2) is 38.3 Å². The number of hydrogen-bond acceptors (Lipinski definition) is 6. The first-order valence-electron chi connectivity index (χ1n) is 8.84. The van der Waals surface area contributed by atoms with E-state index in [0.717, 1.165) is 0 Å². The molecule has 2 aromatic rings. The molecule has 0 bridgehead atoms. The van der Waals surface area contributed by atoms with Gasteiger partial charge in [-0.1, -0.05) is 6.92 Å². The number of hydroxylamine groups is 1. The van der Waals surface area contributed by atoms with Crippen molar-refractivity contribution in [2.24, 2.45) is 5.92 Å². The van der Waals surface area contributed by atoms with Crippen LogP contribution in [-0.2, 0) is 19.6 Å². The molecule has 2 atom stereocenters. The van der Waals surface area contributed by atoms with E-state index in [2.05, 4.69) is 4.72 Å². The maximum atomic E-state index is 13.0. The lowest BCUT2D eigenvalue weighted by Gasteiger charge is -2.37. The van der Waals surface area contributed by atoms with Crippen LogP contribution in [0.5, 0.6) is 11.5 Å². The molecule has 3 rings (SSSR count). The number of amides is 1. The third kappa shape index (κ3) is 4.91. The summed E-state index contributed by atoms with van der Waals surface area (Å²) in [5.74, 6) is -0.620. The van der Waals surface area contributed by atoms with Gasteiger partial charge in [0.05, 0.1) is 11.5 Å². The molecule has 29 heavy (non-hydrogen) atoms. The van der Waals surface area contributed by atoms with Gasteiger partial charge in [-0.25, -0.2) is 18.3 Å². The highest BCUT2D eigenvalue weighted by Gasteiger charge is 2.46. The lowest BCUT2D eigenvalue weighted by Crippen LogP contribution is -2.63. The van der Waals surface area contributed by atoms with Crippen molar-refractivity contribution in [2.75, 3.05) is 13.2 Å². The Balaban J connectivity index is 1.79. The highest BCUT2D eigenvalue weighted by atomic mass is 32.2. The molecule has 1 saturated heterocycles. The van der Waals surface area contributed by atoms with E-state index in [1.807, 2.05) is 6.92 Å². The Morgan fingerprint density at radius 1 is 1.17 bits per heavy atom. The Kier molecular flexibility index (Phi) is 6.18. The zero-order valence-electron chi connectivity index (χ0n) is 15.6. The van der Waals surface area contributed by atoms with Crippen LogP contribution in [0.1, 0.15) is 13.3 Å². The van der Waals surface area contributed by atoms with E-state index in [0.29, 0.717) is 18.1 Å². The lowest BCUT2D eigenvalue weighted by molar-refractivity contribution is -0.142. The van der Waals surface area contributed by atoms with E-state index >= 15 is 0 Å². The first-order chi connectivity index (χ1) is 13.7. The summed E-state index contributed by atoms with van der Waals surface area (Å²) in [6.45, 7) is 2.00. The number of hydrogen-bond donors (Lipinski definition) is 3. The van der Waals surface area contributed by atoms with Crippen LogP contribution >= 0.6 is 0 Å². The van der Waals surface area contributed by atoms with Crippen molar-refractivity contribution in [3.63, 3.8) is 0 Å². The minimum atomic E-state index is -4.10. The van der Waals surface area contributed by atoms with Gasteiger partial charge in [-0.2, -0.15) is 4.72 Å². The van der Waals surface area contributed by atoms with Crippen LogP contribution in [0.3, 0.4) is 0 Å². The fourth-order valence-corrected chi connectivity index (χ4v) is 4.53. The van der Waals surface area contributed by atoms with Gasteiger partial charge in [-0.15, -0.1) is 0 Å². The van der Waals surface area contributed by atoms with Crippen LogP contribution in [0, 0.1) is 11.7 Å². The van der Waals surface area contributed by atoms with Crippen molar-refractivity contribution in [3.8, 4) is 11.5 Å². The Morgan fingerprint density at radius 3 is 2.31 bits per heavy atom. The summed E-state index contributed by atoms with van der Waals surface area (Å²) in [7, 11) is -4.10. The summed E-state index contributed by atoms with van der Waals surface area (Å²) in [4.78, 5) is 12.1. The molecule has 1 aliphatic heterocycles. The number of nitrogens with one attached hydrogen (secondary N) is 2. The summed E-state index contributed by atoms with van der Waals surface area (Å²) < 4.78 is 51.9. The third-order valence-electron chi connectivity index (χ3n) is 4.50. The van der Waals surface area contributed by atoms with Gasteiger partial charge < -0.3 is 9.47 Å². The van der Waals surface area contributed by atoms with Crippen molar-refractivity contribution in [1.82, 2.24) is 10.2 Å². The van der Waals surface area contributed by atoms with Crippen LogP contribution in [0.15, 0.2) is 53.4 Å². The van der Waals surface area contributed by atoms with E-state index < -0.39 is 27.3 Å². The van der Waals surface area contributed by atoms with Crippen molar-refractivity contribution in [3.05, 3.63) is 54.3 Å². The second kappa shape index (κ2) is 8.46. The second-order valence-corrected chi connectivity index (χ2v) is 8.66. The Morgan fingerprint density at radius 2 is 1.76 bits per heavy atom. The molecule has 0 saturated carbocycles. The molecule has 8 nitrogen and oxygen atoms in total. The summed E-state index contributed by atoms with van der Waals surface area (Å²) in [5, 5.41) is 9.07. The van der Waals surface area contributed by atoms with Gasteiger partial charge in [0, 0.05) is 6.61 Å². The standard InChI is InChI=1S/C19H21FN2O6S/c1-13-10-19(12-27-11-13,18(23)21-24)22-29(25,26)17-8-6-16(7-9-17)28-15-4-2-14(20)3-5-15/h2-9,13,22,24H,10-12H2,1H3,(H,21,23). The lowest BCUT2D eigenvalue weighted by atomic mass is 9.87. The maximum absolute atomic E-state index is 13.0. The molecule has 1 fully saturated rings. The average Bonchev–Trinajstić information content (AvgIpc) is 2.69. The van der Waals surface area contributed by atoms with Gasteiger partial charge in [-0.05, 0) is 60.9 Å². The van der Waals surface area contributed by atoms with Crippen LogP contribution < -0.4 is 14.9 Å². The molecular weight excluding hydrogens is 403 g/mol. The predicted octanol–water partition coefficient (Wildman–Crippen LogP) is 2.20. The van der Waals surface area contributed by atoms with Gasteiger partial charge >= 0.3 is 0 Å². The molecule has 3 N–H and O–H groups in total. The number of benzene rings is 2. The Labute approximate surface area is 167 Å². The van der Waals surface area contributed by atoms with Crippen molar-refractivity contribution in [1.29, 1.82) is 0 Å². The molecule has 10 heteroatoms. The number of halogens is 1. The Bertz CT molecular complexity index is 965. The molecular formula is C19H21FN2O6S. The van der Waals surface area contributed by atoms with E-state index in [1.165, 1.54) is 54.0 Å². The largest absolute Gasteiger partial charge is 0.457 e. The normalized spacial score (nSPS) is 22.1. The summed E-state index contributed by atoms with van der Waals surface area (Å²) in [5.41, 5.74) is -0.0986. The predicted molar refractivity (Wildman–Crippen MR) is 100 cm³/mol. The SMILES string of the molecule is CC1COCC(NS(=O)(=O)c2ccc(Oc3ccc(F)cc3)cc2)(C(=O)NO)C1. The number of carbonyl (C=O) groups is 1.